The van der Waals surface area contributed by atoms with Gasteiger partial charge in [-0.2, -0.15) is 0 Å². The third-order valence-corrected chi connectivity index (χ3v) is 3.92. The van der Waals surface area contributed by atoms with Gasteiger partial charge in [0.25, 0.3) is 0 Å². The molecule has 0 aliphatic carbocycles. The zero-order valence-corrected chi connectivity index (χ0v) is 13.4. The van der Waals surface area contributed by atoms with Crippen molar-refractivity contribution in [2.24, 2.45) is 0 Å². The number of hydrogen-bond donors (Lipinski definition) is 1. The van der Waals surface area contributed by atoms with E-state index in [1.165, 1.54) is 19.3 Å². The van der Waals surface area contributed by atoms with Gasteiger partial charge in [-0.15, -0.1) is 6.42 Å². The maximum Gasteiger partial charge on any atom is 0.225 e. The number of terminal acetylenes is 1. The standard InChI is InChI=1S/C18H21N5/c1-3-15-7-8-17(19-12-15)20-13-16-11-14(2)21-18(22-16)23-9-5-4-6-10-23/h1,7-8,11-12H,4-6,9-10,13H2,2H3,(H,19,20). The molecule has 0 saturated carbocycles. The second-order valence-electron chi connectivity index (χ2n) is 5.78. The van der Waals surface area contributed by atoms with E-state index in [1.54, 1.807) is 6.20 Å². The first-order valence-corrected chi connectivity index (χ1v) is 8.00. The summed E-state index contributed by atoms with van der Waals surface area (Å²) in [5.41, 5.74) is 2.75. The number of nitrogens with zero attached hydrogens (tertiary/aromatic N) is 4. The molecule has 2 aromatic rings. The molecule has 1 N–H and O–H groups in total. The zero-order chi connectivity index (χ0) is 16.1. The third-order valence-electron chi connectivity index (χ3n) is 3.92. The van der Waals surface area contributed by atoms with Crippen molar-refractivity contribution in [3.05, 3.63) is 41.3 Å². The molecule has 2 aromatic heterocycles. The Morgan fingerprint density at radius 2 is 2.04 bits per heavy atom. The SMILES string of the molecule is C#Cc1ccc(NCc2cc(C)nc(N3CCCCC3)n2)nc1. The predicted molar refractivity (Wildman–Crippen MR) is 92.3 cm³/mol. The molecule has 0 amide bonds. The van der Waals surface area contributed by atoms with Gasteiger partial charge in [0.15, 0.2) is 0 Å². The van der Waals surface area contributed by atoms with Gasteiger partial charge < -0.3 is 10.2 Å². The molecule has 1 fully saturated rings. The first-order valence-electron chi connectivity index (χ1n) is 8.00. The van der Waals surface area contributed by atoms with E-state index >= 15 is 0 Å². The fourth-order valence-electron chi connectivity index (χ4n) is 2.71. The number of pyridine rings is 1. The van der Waals surface area contributed by atoms with Crippen LogP contribution in [-0.4, -0.2) is 28.0 Å². The molecule has 1 aliphatic heterocycles. The predicted octanol–water partition coefficient (Wildman–Crippen LogP) is 2.76. The summed E-state index contributed by atoms with van der Waals surface area (Å²) in [7, 11) is 0. The van der Waals surface area contributed by atoms with Gasteiger partial charge in [0.1, 0.15) is 5.82 Å². The summed E-state index contributed by atoms with van der Waals surface area (Å²) in [5, 5.41) is 3.28. The lowest BCUT2D eigenvalue weighted by molar-refractivity contribution is 0.567. The fourth-order valence-corrected chi connectivity index (χ4v) is 2.71. The molecule has 0 atom stereocenters. The summed E-state index contributed by atoms with van der Waals surface area (Å²) in [6, 6.07) is 5.77. The van der Waals surface area contributed by atoms with E-state index in [4.69, 9.17) is 11.4 Å². The van der Waals surface area contributed by atoms with Gasteiger partial charge in [-0.25, -0.2) is 15.0 Å². The van der Waals surface area contributed by atoms with Gasteiger partial charge in [-0.3, -0.25) is 0 Å². The van der Waals surface area contributed by atoms with E-state index in [2.05, 4.69) is 26.1 Å². The molecule has 0 spiro atoms. The highest BCUT2D eigenvalue weighted by Gasteiger charge is 2.14. The quantitative estimate of drug-likeness (QED) is 0.880. The molecule has 1 saturated heterocycles. The Hall–Kier alpha value is -2.61. The van der Waals surface area contributed by atoms with Crippen LogP contribution in [-0.2, 0) is 6.54 Å². The molecule has 118 valence electrons. The topological polar surface area (TPSA) is 53.9 Å². The summed E-state index contributed by atoms with van der Waals surface area (Å²) < 4.78 is 0. The molecule has 3 heterocycles. The second kappa shape index (κ2) is 7.10. The number of piperidine rings is 1. The molecule has 0 radical (unpaired) electrons. The van der Waals surface area contributed by atoms with Crippen LogP contribution < -0.4 is 10.2 Å². The van der Waals surface area contributed by atoms with Crippen molar-refractivity contribution in [2.45, 2.75) is 32.7 Å². The van der Waals surface area contributed by atoms with Crippen LogP contribution in [0.2, 0.25) is 0 Å². The van der Waals surface area contributed by atoms with Gasteiger partial charge >= 0.3 is 0 Å². The van der Waals surface area contributed by atoms with Crippen LogP contribution in [0.3, 0.4) is 0 Å². The normalized spacial score (nSPS) is 14.3. The Morgan fingerprint density at radius 1 is 1.22 bits per heavy atom. The minimum absolute atomic E-state index is 0.618. The van der Waals surface area contributed by atoms with Crippen molar-refractivity contribution in [3.63, 3.8) is 0 Å². The van der Waals surface area contributed by atoms with Crippen LogP contribution >= 0.6 is 0 Å². The van der Waals surface area contributed by atoms with E-state index < -0.39 is 0 Å². The summed E-state index contributed by atoms with van der Waals surface area (Å²) in [5.74, 6) is 4.20. The van der Waals surface area contributed by atoms with Crippen LogP contribution in [0.15, 0.2) is 24.4 Å². The Kier molecular flexibility index (Phi) is 4.72. The number of anilines is 2. The maximum atomic E-state index is 5.34. The first kappa shape index (κ1) is 15.3. The summed E-state index contributed by atoms with van der Waals surface area (Å²) in [6.07, 6.45) is 10.8. The molecular formula is C18H21N5. The molecule has 0 bridgehead atoms. The number of rotatable bonds is 4. The van der Waals surface area contributed by atoms with Crippen LogP contribution in [0.4, 0.5) is 11.8 Å². The number of nitrogens with one attached hydrogen (secondary N) is 1. The lowest BCUT2D eigenvalue weighted by atomic mass is 10.1. The summed E-state index contributed by atoms with van der Waals surface area (Å²) in [4.78, 5) is 15.9. The number of aryl methyl sites for hydroxylation is 1. The van der Waals surface area contributed by atoms with Gasteiger partial charge in [0.2, 0.25) is 5.95 Å². The monoisotopic (exact) mass is 307 g/mol. The highest BCUT2D eigenvalue weighted by molar-refractivity contribution is 5.41. The highest BCUT2D eigenvalue weighted by Crippen LogP contribution is 2.17. The van der Waals surface area contributed by atoms with Crippen molar-refractivity contribution < 1.29 is 0 Å². The van der Waals surface area contributed by atoms with Crippen LogP contribution in [0, 0.1) is 19.3 Å². The van der Waals surface area contributed by atoms with Crippen LogP contribution in [0.25, 0.3) is 0 Å². The Balaban J connectivity index is 1.69. The Labute approximate surface area is 137 Å². The second-order valence-corrected chi connectivity index (χ2v) is 5.78. The molecule has 5 heteroatoms. The summed E-state index contributed by atoms with van der Waals surface area (Å²) >= 11 is 0. The first-order chi connectivity index (χ1) is 11.2. The van der Waals surface area contributed by atoms with Gasteiger partial charge in [-0.1, -0.05) is 5.92 Å². The van der Waals surface area contributed by atoms with Crippen molar-refractivity contribution in [1.82, 2.24) is 15.0 Å². The largest absolute Gasteiger partial charge is 0.364 e. The molecule has 0 unspecified atom stereocenters. The maximum absolute atomic E-state index is 5.34. The lowest BCUT2D eigenvalue weighted by Gasteiger charge is -2.27. The fraction of sp³-hybridized carbons (Fsp3) is 0.389. The number of aromatic nitrogens is 3. The van der Waals surface area contributed by atoms with Crippen LogP contribution in [0.5, 0.6) is 0 Å². The number of hydrogen-bond acceptors (Lipinski definition) is 5. The van der Waals surface area contributed by atoms with Gasteiger partial charge in [-0.05, 0) is 44.4 Å². The lowest BCUT2D eigenvalue weighted by Crippen LogP contribution is -2.31. The molecular weight excluding hydrogens is 286 g/mol. The zero-order valence-electron chi connectivity index (χ0n) is 13.4. The van der Waals surface area contributed by atoms with E-state index in [9.17, 15) is 0 Å². The average Bonchev–Trinajstić information content (AvgIpc) is 2.61. The summed E-state index contributed by atoms with van der Waals surface area (Å²) in [6.45, 7) is 4.72. The van der Waals surface area contributed by atoms with E-state index in [1.807, 2.05) is 25.1 Å². The van der Waals surface area contributed by atoms with Crippen molar-refractivity contribution >= 4 is 11.8 Å². The Morgan fingerprint density at radius 3 is 2.74 bits per heavy atom. The Bertz CT molecular complexity index is 696. The third kappa shape index (κ3) is 3.98. The minimum atomic E-state index is 0.618. The molecule has 23 heavy (non-hydrogen) atoms. The van der Waals surface area contributed by atoms with Crippen LogP contribution in [0.1, 0.15) is 36.2 Å². The van der Waals surface area contributed by atoms with Crippen molar-refractivity contribution in [1.29, 1.82) is 0 Å². The molecule has 5 nitrogen and oxygen atoms in total. The van der Waals surface area contributed by atoms with E-state index in [0.29, 0.717) is 6.54 Å². The molecule has 3 rings (SSSR count). The minimum Gasteiger partial charge on any atom is -0.364 e. The van der Waals surface area contributed by atoms with E-state index in [-0.39, 0.29) is 0 Å². The molecule has 0 aromatic carbocycles. The van der Waals surface area contributed by atoms with E-state index in [0.717, 1.165) is 41.8 Å². The van der Waals surface area contributed by atoms with Gasteiger partial charge in [0.05, 0.1) is 12.2 Å². The van der Waals surface area contributed by atoms with Gasteiger partial charge in [0, 0.05) is 30.5 Å². The molecule has 1 aliphatic rings. The highest BCUT2D eigenvalue weighted by atomic mass is 15.3. The smallest absolute Gasteiger partial charge is 0.225 e. The average molecular weight is 307 g/mol. The van der Waals surface area contributed by atoms with Crippen molar-refractivity contribution in [3.8, 4) is 12.3 Å². The van der Waals surface area contributed by atoms with Crippen molar-refractivity contribution in [2.75, 3.05) is 23.3 Å².